The van der Waals surface area contributed by atoms with Gasteiger partial charge in [-0.05, 0) is 37.1 Å². The first kappa shape index (κ1) is 17.2. The second kappa shape index (κ2) is 7.41. The molecule has 0 unspecified atom stereocenters. The molecule has 0 bridgehead atoms. The van der Waals surface area contributed by atoms with E-state index in [9.17, 15) is 13.2 Å². The highest BCUT2D eigenvalue weighted by atomic mass is 35.5. The second-order valence-corrected chi connectivity index (χ2v) is 7.55. The number of nitrogens with one attached hydrogen (secondary N) is 1. The summed E-state index contributed by atoms with van der Waals surface area (Å²) in [4.78, 5) is 12.1. The largest absolute Gasteiger partial charge is 0.395 e. The van der Waals surface area contributed by atoms with Crippen molar-refractivity contribution in [3.05, 3.63) is 29.3 Å². The molecular formula is C14H19ClN2O4S. The Morgan fingerprint density at radius 2 is 2.05 bits per heavy atom. The maximum Gasteiger partial charge on any atom is 0.243 e. The second-order valence-electron chi connectivity index (χ2n) is 5.17. The lowest BCUT2D eigenvalue weighted by molar-refractivity contribution is -0.126. The molecule has 122 valence electrons. The van der Waals surface area contributed by atoms with Gasteiger partial charge in [-0.1, -0.05) is 11.6 Å². The molecule has 0 saturated carbocycles. The molecule has 0 radical (unpaired) electrons. The molecule has 8 heteroatoms. The third-order valence-electron chi connectivity index (χ3n) is 3.62. The number of carbonyl (C=O) groups excluding carboxylic acids is 1. The summed E-state index contributed by atoms with van der Waals surface area (Å²) in [6.07, 6.45) is 1.27. The minimum absolute atomic E-state index is 0.134. The van der Waals surface area contributed by atoms with Gasteiger partial charge in [0.25, 0.3) is 0 Å². The van der Waals surface area contributed by atoms with Gasteiger partial charge < -0.3 is 10.4 Å². The van der Waals surface area contributed by atoms with E-state index in [0.29, 0.717) is 24.4 Å². The summed E-state index contributed by atoms with van der Waals surface area (Å²) < 4.78 is 26.5. The maximum absolute atomic E-state index is 12.6. The average molecular weight is 347 g/mol. The number of hydrogen-bond acceptors (Lipinski definition) is 4. The maximum atomic E-state index is 12.6. The number of aliphatic hydroxyl groups is 1. The van der Waals surface area contributed by atoms with Crippen molar-refractivity contribution in [3.8, 4) is 0 Å². The molecular weight excluding hydrogens is 328 g/mol. The van der Waals surface area contributed by atoms with Gasteiger partial charge in [-0.25, -0.2) is 8.42 Å². The smallest absolute Gasteiger partial charge is 0.243 e. The van der Waals surface area contributed by atoms with Crippen molar-refractivity contribution < 1.29 is 18.3 Å². The van der Waals surface area contributed by atoms with E-state index >= 15 is 0 Å². The van der Waals surface area contributed by atoms with Crippen molar-refractivity contribution in [1.82, 2.24) is 9.62 Å². The Kier molecular flexibility index (Phi) is 5.80. The summed E-state index contributed by atoms with van der Waals surface area (Å²) in [5.74, 6) is -0.604. The van der Waals surface area contributed by atoms with Crippen LogP contribution in [0.1, 0.15) is 12.8 Å². The zero-order valence-electron chi connectivity index (χ0n) is 12.0. The normalized spacial score (nSPS) is 19.8. The van der Waals surface area contributed by atoms with E-state index < -0.39 is 10.0 Å². The van der Waals surface area contributed by atoms with E-state index in [2.05, 4.69) is 5.32 Å². The van der Waals surface area contributed by atoms with E-state index in [1.54, 1.807) is 0 Å². The molecule has 0 aromatic heterocycles. The Hall–Kier alpha value is -1.15. The first-order chi connectivity index (χ1) is 10.4. The molecule has 1 atom stereocenters. The van der Waals surface area contributed by atoms with Gasteiger partial charge in [0.15, 0.2) is 0 Å². The predicted molar refractivity (Wildman–Crippen MR) is 83.0 cm³/mol. The van der Waals surface area contributed by atoms with Crippen LogP contribution >= 0.6 is 11.6 Å². The third kappa shape index (κ3) is 3.98. The number of piperidine rings is 1. The van der Waals surface area contributed by atoms with Gasteiger partial charge in [-0.15, -0.1) is 0 Å². The van der Waals surface area contributed by atoms with Crippen LogP contribution in [0.5, 0.6) is 0 Å². The van der Waals surface area contributed by atoms with Crippen LogP contribution in [0, 0.1) is 5.92 Å². The van der Waals surface area contributed by atoms with E-state index in [0.717, 1.165) is 0 Å². The number of benzene rings is 1. The van der Waals surface area contributed by atoms with Crippen LogP contribution in [0.15, 0.2) is 29.2 Å². The summed E-state index contributed by atoms with van der Waals surface area (Å²) in [5.41, 5.74) is 0. The van der Waals surface area contributed by atoms with Gasteiger partial charge in [-0.2, -0.15) is 4.31 Å². The lowest BCUT2D eigenvalue weighted by Gasteiger charge is -2.31. The Morgan fingerprint density at radius 3 is 2.68 bits per heavy atom. The number of carbonyl (C=O) groups is 1. The van der Waals surface area contributed by atoms with Gasteiger partial charge in [0.05, 0.1) is 17.4 Å². The van der Waals surface area contributed by atoms with Gasteiger partial charge in [0, 0.05) is 24.7 Å². The summed E-state index contributed by atoms with van der Waals surface area (Å²) in [6.45, 7) is 0.599. The molecule has 1 amide bonds. The standard InChI is InChI=1S/C14H19ClN2O4S/c15-12-3-5-13(6-4-12)22(20,21)17-8-1-2-11(10-17)14(19)16-7-9-18/h3-6,11,18H,1-2,7-10H2,(H,16,19)/t11-/m0/s1. The van der Waals surface area contributed by atoms with Crippen LogP contribution in [-0.4, -0.2) is 50.0 Å². The lowest BCUT2D eigenvalue weighted by atomic mass is 9.99. The number of aliphatic hydroxyl groups excluding tert-OH is 1. The van der Waals surface area contributed by atoms with Crippen molar-refractivity contribution in [2.24, 2.45) is 5.92 Å². The monoisotopic (exact) mass is 346 g/mol. The number of nitrogens with zero attached hydrogens (tertiary/aromatic N) is 1. The Labute approximate surface area is 135 Å². The highest BCUT2D eigenvalue weighted by molar-refractivity contribution is 7.89. The minimum atomic E-state index is -3.62. The number of rotatable bonds is 5. The van der Waals surface area contributed by atoms with Gasteiger partial charge in [-0.3, -0.25) is 4.79 Å². The highest BCUT2D eigenvalue weighted by Crippen LogP contribution is 2.24. The van der Waals surface area contributed by atoms with Crippen LogP contribution in [0.3, 0.4) is 0 Å². The van der Waals surface area contributed by atoms with Gasteiger partial charge in [0.2, 0.25) is 15.9 Å². The fourth-order valence-electron chi connectivity index (χ4n) is 2.45. The molecule has 0 spiro atoms. The number of sulfonamides is 1. The Balaban J connectivity index is 2.11. The molecule has 22 heavy (non-hydrogen) atoms. The van der Waals surface area contributed by atoms with Crippen LogP contribution < -0.4 is 5.32 Å². The summed E-state index contributed by atoms with van der Waals surface area (Å²) >= 11 is 5.78. The van der Waals surface area contributed by atoms with Gasteiger partial charge >= 0.3 is 0 Å². The lowest BCUT2D eigenvalue weighted by Crippen LogP contribution is -2.45. The molecule has 1 aromatic rings. The zero-order valence-corrected chi connectivity index (χ0v) is 13.6. The number of amides is 1. The summed E-state index contributed by atoms with van der Waals surface area (Å²) in [6, 6.07) is 5.99. The topological polar surface area (TPSA) is 86.7 Å². The van der Waals surface area contributed by atoms with Crippen molar-refractivity contribution in [1.29, 1.82) is 0 Å². The molecule has 1 heterocycles. The van der Waals surface area contributed by atoms with Crippen molar-refractivity contribution in [3.63, 3.8) is 0 Å². The zero-order chi connectivity index (χ0) is 16.2. The number of halogens is 1. The molecule has 0 aliphatic carbocycles. The van der Waals surface area contributed by atoms with Crippen LogP contribution in [0.25, 0.3) is 0 Å². The van der Waals surface area contributed by atoms with Crippen molar-refractivity contribution >= 4 is 27.5 Å². The molecule has 2 rings (SSSR count). The van der Waals surface area contributed by atoms with Crippen LogP contribution in [-0.2, 0) is 14.8 Å². The molecule has 1 aromatic carbocycles. The molecule has 1 fully saturated rings. The van der Waals surface area contributed by atoms with E-state index in [1.807, 2.05) is 0 Å². The molecule has 1 aliphatic heterocycles. The van der Waals surface area contributed by atoms with Crippen molar-refractivity contribution in [2.45, 2.75) is 17.7 Å². The quantitative estimate of drug-likeness (QED) is 0.827. The fraction of sp³-hybridized carbons (Fsp3) is 0.500. The van der Waals surface area contributed by atoms with Crippen molar-refractivity contribution in [2.75, 3.05) is 26.2 Å². The first-order valence-corrected chi connectivity index (χ1v) is 8.91. The Bertz CT molecular complexity index is 618. The Morgan fingerprint density at radius 1 is 1.36 bits per heavy atom. The number of hydrogen-bond donors (Lipinski definition) is 2. The predicted octanol–water partition coefficient (Wildman–Crippen LogP) is 0.849. The van der Waals surface area contributed by atoms with Crippen LogP contribution in [0.2, 0.25) is 5.02 Å². The molecule has 6 nitrogen and oxygen atoms in total. The fourth-order valence-corrected chi connectivity index (χ4v) is 4.10. The summed E-state index contributed by atoms with van der Waals surface area (Å²) in [5, 5.41) is 11.8. The van der Waals surface area contributed by atoms with E-state index in [4.69, 9.17) is 16.7 Å². The van der Waals surface area contributed by atoms with E-state index in [1.165, 1.54) is 28.6 Å². The molecule has 1 saturated heterocycles. The molecule has 2 N–H and O–H groups in total. The van der Waals surface area contributed by atoms with Gasteiger partial charge in [0.1, 0.15) is 0 Å². The highest BCUT2D eigenvalue weighted by Gasteiger charge is 2.33. The minimum Gasteiger partial charge on any atom is -0.395 e. The summed E-state index contributed by atoms with van der Waals surface area (Å²) in [7, 11) is -3.62. The van der Waals surface area contributed by atoms with Crippen LogP contribution in [0.4, 0.5) is 0 Å². The SMILES string of the molecule is O=C(NCCO)[C@H]1CCCN(S(=O)(=O)c2ccc(Cl)cc2)C1. The van der Waals surface area contributed by atoms with E-state index in [-0.39, 0.29) is 36.4 Å². The average Bonchev–Trinajstić information content (AvgIpc) is 2.53. The molecule has 1 aliphatic rings. The third-order valence-corrected chi connectivity index (χ3v) is 5.75. The first-order valence-electron chi connectivity index (χ1n) is 7.09.